The normalized spacial score (nSPS) is 18.1. The molecule has 5 heteroatoms. The minimum Gasteiger partial charge on any atom is -0.454 e. The lowest BCUT2D eigenvalue weighted by Gasteiger charge is -2.26. The summed E-state index contributed by atoms with van der Waals surface area (Å²) in [6.45, 7) is 5.15. The first-order valence-corrected chi connectivity index (χ1v) is 5.29. The third kappa shape index (κ3) is 5.42. The molecule has 0 atom stereocenters. The van der Waals surface area contributed by atoms with E-state index in [1.807, 2.05) is 0 Å². The number of carbonyl (C=O) groups is 1. The van der Waals surface area contributed by atoms with Gasteiger partial charge in [-0.15, -0.1) is 0 Å². The number of halogens is 1. The lowest BCUT2D eigenvalue weighted by Crippen LogP contribution is -2.36. The van der Waals surface area contributed by atoms with Crippen molar-refractivity contribution in [3.63, 3.8) is 0 Å². The van der Waals surface area contributed by atoms with Crippen molar-refractivity contribution in [2.45, 2.75) is 12.8 Å². The van der Waals surface area contributed by atoms with Gasteiger partial charge in [0.05, 0.1) is 19.8 Å². The number of rotatable bonds is 5. The fourth-order valence-electron chi connectivity index (χ4n) is 1.41. The van der Waals surface area contributed by atoms with E-state index in [9.17, 15) is 4.79 Å². The molecule has 1 saturated heterocycles. The van der Waals surface area contributed by atoms with Crippen molar-refractivity contribution >= 4 is 17.0 Å². The summed E-state index contributed by atoms with van der Waals surface area (Å²) in [6.07, 6.45) is 1.90. The highest BCUT2D eigenvalue weighted by Crippen LogP contribution is 2.00. The van der Waals surface area contributed by atoms with E-state index in [0.717, 1.165) is 45.7 Å². The number of hydrogen-bond acceptors (Lipinski definition) is 4. The Bertz CT molecular complexity index is 171. The van der Waals surface area contributed by atoms with Crippen molar-refractivity contribution in [2.24, 2.45) is 0 Å². The van der Waals surface area contributed by atoms with Crippen LogP contribution in [0, 0.1) is 0 Å². The van der Waals surface area contributed by atoms with Crippen LogP contribution < -0.4 is 0 Å². The van der Waals surface area contributed by atoms with Crippen molar-refractivity contribution in [3.8, 4) is 0 Å². The quantitative estimate of drug-likeness (QED) is 0.521. The first kappa shape index (κ1) is 11.8. The molecule has 82 valence electrons. The average Bonchev–Trinajstić information content (AvgIpc) is 2.18. The van der Waals surface area contributed by atoms with Crippen LogP contribution in [0.2, 0.25) is 0 Å². The van der Waals surface area contributed by atoms with Gasteiger partial charge in [0.1, 0.15) is 0 Å². The standard InChI is InChI=1S/C9H16ClNO3/c10-9(12)14-6-2-1-3-11-4-7-13-8-5-11/h1-8H2. The van der Waals surface area contributed by atoms with Gasteiger partial charge in [-0.05, 0) is 19.4 Å². The van der Waals surface area contributed by atoms with Crippen LogP contribution >= 0.6 is 11.6 Å². The predicted octanol–water partition coefficient (Wildman–Crippen LogP) is 1.47. The van der Waals surface area contributed by atoms with E-state index >= 15 is 0 Å². The Morgan fingerprint density at radius 2 is 2.07 bits per heavy atom. The number of hydrogen-bond donors (Lipinski definition) is 0. The molecule has 1 rings (SSSR count). The fraction of sp³-hybridized carbons (Fsp3) is 0.889. The topological polar surface area (TPSA) is 38.8 Å². The Hall–Kier alpha value is -0.320. The van der Waals surface area contributed by atoms with Crippen LogP contribution in [0.1, 0.15) is 12.8 Å². The molecule has 1 heterocycles. The van der Waals surface area contributed by atoms with E-state index in [1.54, 1.807) is 0 Å². The third-order valence-corrected chi connectivity index (χ3v) is 2.30. The van der Waals surface area contributed by atoms with Gasteiger partial charge in [-0.2, -0.15) is 0 Å². The van der Waals surface area contributed by atoms with Crippen LogP contribution in [0.15, 0.2) is 0 Å². The average molecular weight is 222 g/mol. The number of ether oxygens (including phenoxy) is 2. The Kier molecular flexibility index (Phi) is 5.91. The Morgan fingerprint density at radius 3 is 2.71 bits per heavy atom. The second kappa shape index (κ2) is 7.04. The molecule has 0 N–H and O–H groups in total. The van der Waals surface area contributed by atoms with E-state index in [1.165, 1.54) is 0 Å². The summed E-state index contributed by atoms with van der Waals surface area (Å²) < 4.78 is 9.84. The summed E-state index contributed by atoms with van der Waals surface area (Å²) >= 11 is 5.02. The molecular weight excluding hydrogens is 206 g/mol. The molecule has 0 unspecified atom stereocenters. The smallest absolute Gasteiger partial charge is 0.403 e. The molecule has 0 saturated carbocycles. The van der Waals surface area contributed by atoms with Gasteiger partial charge in [-0.1, -0.05) is 0 Å². The van der Waals surface area contributed by atoms with Gasteiger partial charge in [-0.3, -0.25) is 4.90 Å². The summed E-state index contributed by atoms with van der Waals surface area (Å²) in [5.74, 6) is 0. The number of nitrogens with zero attached hydrogens (tertiary/aromatic N) is 1. The van der Waals surface area contributed by atoms with Gasteiger partial charge in [-0.25, -0.2) is 4.79 Å². The third-order valence-electron chi connectivity index (χ3n) is 2.19. The minimum atomic E-state index is -0.712. The molecule has 0 aromatic rings. The maximum Gasteiger partial charge on any atom is 0.403 e. The molecule has 14 heavy (non-hydrogen) atoms. The molecule has 0 radical (unpaired) electrons. The van der Waals surface area contributed by atoms with Gasteiger partial charge in [0.25, 0.3) is 0 Å². The molecule has 1 aliphatic rings. The molecule has 0 bridgehead atoms. The zero-order valence-electron chi connectivity index (χ0n) is 8.21. The summed E-state index contributed by atoms with van der Waals surface area (Å²) in [5, 5.41) is 0. The van der Waals surface area contributed by atoms with Crippen molar-refractivity contribution in [1.29, 1.82) is 0 Å². The molecule has 0 amide bonds. The van der Waals surface area contributed by atoms with Crippen molar-refractivity contribution < 1.29 is 14.3 Å². The minimum absolute atomic E-state index is 0.423. The van der Waals surface area contributed by atoms with Gasteiger partial charge in [0.15, 0.2) is 0 Å². The van der Waals surface area contributed by atoms with E-state index < -0.39 is 5.43 Å². The lowest BCUT2D eigenvalue weighted by molar-refractivity contribution is 0.0366. The number of unbranched alkanes of at least 4 members (excludes halogenated alkanes) is 1. The van der Waals surface area contributed by atoms with Crippen LogP contribution in [-0.2, 0) is 9.47 Å². The van der Waals surface area contributed by atoms with Crippen LogP contribution in [-0.4, -0.2) is 49.8 Å². The zero-order chi connectivity index (χ0) is 10.2. The Balaban J connectivity index is 1.90. The van der Waals surface area contributed by atoms with Crippen LogP contribution in [0.5, 0.6) is 0 Å². The Morgan fingerprint density at radius 1 is 1.36 bits per heavy atom. The van der Waals surface area contributed by atoms with Crippen molar-refractivity contribution in [3.05, 3.63) is 0 Å². The maximum atomic E-state index is 10.2. The van der Waals surface area contributed by atoms with E-state index in [2.05, 4.69) is 9.64 Å². The first-order valence-electron chi connectivity index (χ1n) is 4.91. The Labute approximate surface area is 89.1 Å². The summed E-state index contributed by atoms with van der Waals surface area (Å²) in [6, 6.07) is 0. The largest absolute Gasteiger partial charge is 0.454 e. The second-order valence-corrected chi connectivity index (χ2v) is 3.56. The number of carbonyl (C=O) groups excluding carboxylic acids is 1. The highest BCUT2D eigenvalue weighted by Gasteiger charge is 2.08. The molecule has 4 nitrogen and oxygen atoms in total. The van der Waals surface area contributed by atoms with Crippen molar-refractivity contribution in [1.82, 2.24) is 4.90 Å². The van der Waals surface area contributed by atoms with Crippen LogP contribution in [0.3, 0.4) is 0 Å². The summed E-state index contributed by atoms with van der Waals surface area (Å²) in [4.78, 5) is 12.6. The van der Waals surface area contributed by atoms with E-state index in [0.29, 0.717) is 6.61 Å². The summed E-state index contributed by atoms with van der Waals surface area (Å²) in [5.41, 5.74) is -0.712. The molecule has 0 aromatic heterocycles. The highest BCUT2D eigenvalue weighted by atomic mass is 35.5. The van der Waals surface area contributed by atoms with Crippen molar-refractivity contribution in [2.75, 3.05) is 39.5 Å². The molecule has 0 aliphatic carbocycles. The van der Waals surface area contributed by atoms with Gasteiger partial charge >= 0.3 is 5.43 Å². The zero-order valence-corrected chi connectivity index (χ0v) is 8.96. The molecule has 1 fully saturated rings. The van der Waals surface area contributed by atoms with Crippen LogP contribution in [0.4, 0.5) is 4.79 Å². The monoisotopic (exact) mass is 221 g/mol. The van der Waals surface area contributed by atoms with E-state index in [-0.39, 0.29) is 0 Å². The molecule has 0 spiro atoms. The van der Waals surface area contributed by atoms with E-state index in [4.69, 9.17) is 16.3 Å². The first-order chi connectivity index (χ1) is 6.79. The fourth-order valence-corrected chi connectivity index (χ4v) is 1.49. The second-order valence-electron chi connectivity index (χ2n) is 3.25. The molecule has 0 aromatic carbocycles. The summed E-state index contributed by atoms with van der Waals surface area (Å²) in [7, 11) is 0. The van der Waals surface area contributed by atoms with Gasteiger partial charge in [0.2, 0.25) is 0 Å². The lowest BCUT2D eigenvalue weighted by atomic mass is 10.3. The highest BCUT2D eigenvalue weighted by molar-refractivity contribution is 6.61. The maximum absolute atomic E-state index is 10.2. The van der Waals surface area contributed by atoms with Crippen LogP contribution in [0.25, 0.3) is 0 Å². The predicted molar refractivity (Wildman–Crippen MR) is 53.7 cm³/mol. The molecule has 1 aliphatic heterocycles. The number of morpholine rings is 1. The SMILES string of the molecule is O=C(Cl)OCCCCN1CCOCC1. The van der Waals surface area contributed by atoms with Gasteiger partial charge in [0, 0.05) is 24.7 Å². The molecular formula is C9H16ClNO3. The van der Waals surface area contributed by atoms with Gasteiger partial charge < -0.3 is 9.47 Å².